The second kappa shape index (κ2) is 4.09. The number of hydrogen-bond acceptors (Lipinski definition) is 5. The van der Waals surface area contributed by atoms with Crippen molar-refractivity contribution in [3.05, 3.63) is 39.9 Å². The van der Waals surface area contributed by atoms with Crippen molar-refractivity contribution in [2.75, 3.05) is 0 Å². The molecule has 0 fully saturated rings. The number of hydrazone groups is 1. The van der Waals surface area contributed by atoms with Gasteiger partial charge in [0.15, 0.2) is 0 Å². The summed E-state index contributed by atoms with van der Waals surface area (Å²) < 4.78 is 0. The van der Waals surface area contributed by atoms with E-state index in [1.54, 1.807) is 12.1 Å². The van der Waals surface area contributed by atoms with E-state index in [0.29, 0.717) is 17.7 Å². The van der Waals surface area contributed by atoms with Gasteiger partial charge in [-0.25, -0.2) is 0 Å². The standard InChI is InChI=1S/C10H9N3O3/c14-6-8-5-10(12-11-8)7-2-1-3-9(4-7)13(15)16/h1-4,6,8,11H,5H2. The molecule has 1 aliphatic rings. The van der Waals surface area contributed by atoms with Crippen LogP contribution < -0.4 is 5.43 Å². The number of rotatable bonds is 3. The van der Waals surface area contributed by atoms with Crippen LogP contribution in [0.2, 0.25) is 0 Å². The molecule has 0 radical (unpaired) electrons. The van der Waals surface area contributed by atoms with Crippen molar-refractivity contribution in [3.63, 3.8) is 0 Å². The molecule has 1 aliphatic heterocycles. The van der Waals surface area contributed by atoms with Crippen LogP contribution in [-0.2, 0) is 4.79 Å². The van der Waals surface area contributed by atoms with Gasteiger partial charge < -0.3 is 4.79 Å². The first kappa shape index (κ1) is 10.3. The van der Waals surface area contributed by atoms with Gasteiger partial charge in [-0.2, -0.15) is 5.10 Å². The lowest BCUT2D eigenvalue weighted by atomic mass is 10.0. The molecule has 1 aromatic carbocycles. The first-order valence-electron chi connectivity index (χ1n) is 4.73. The Bertz CT molecular complexity index is 470. The second-order valence-electron chi connectivity index (χ2n) is 3.44. The van der Waals surface area contributed by atoms with Crippen LogP contribution in [0.5, 0.6) is 0 Å². The van der Waals surface area contributed by atoms with E-state index >= 15 is 0 Å². The number of carbonyl (C=O) groups excluding carboxylic acids is 1. The number of non-ortho nitro benzene ring substituents is 1. The van der Waals surface area contributed by atoms with Gasteiger partial charge in [-0.15, -0.1) is 0 Å². The minimum absolute atomic E-state index is 0.0229. The quantitative estimate of drug-likeness (QED) is 0.464. The summed E-state index contributed by atoms with van der Waals surface area (Å²) in [7, 11) is 0. The van der Waals surface area contributed by atoms with Gasteiger partial charge in [0.2, 0.25) is 0 Å². The lowest BCUT2D eigenvalue weighted by Gasteiger charge is -1.99. The van der Waals surface area contributed by atoms with Crippen molar-refractivity contribution in [1.29, 1.82) is 0 Å². The molecule has 1 aromatic rings. The van der Waals surface area contributed by atoms with E-state index in [4.69, 9.17) is 0 Å². The molecule has 0 saturated heterocycles. The van der Waals surface area contributed by atoms with E-state index in [0.717, 1.165) is 6.29 Å². The van der Waals surface area contributed by atoms with Crippen LogP contribution in [0.1, 0.15) is 12.0 Å². The van der Waals surface area contributed by atoms with Gasteiger partial charge >= 0.3 is 0 Å². The SMILES string of the molecule is O=CC1CC(c2cccc([N+](=O)[O-])c2)=NN1. The van der Waals surface area contributed by atoms with Crippen molar-refractivity contribution < 1.29 is 9.72 Å². The van der Waals surface area contributed by atoms with Crippen LogP contribution in [0.3, 0.4) is 0 Å². The number of hydrogen-bond donors (Lipinski definition) is 1. The average Bonchev–Trinajstić information content (AvgIpc) is 2.77. The number of nitrogens with one attached hydrogen (secondary N) is 1. The van der Waals surface area contributed by atoms with Gasteiger partial charge in [0.25, 0.3) is 5.69 Å². The number of nitro groups is 1. The van der Waals surface area contributed by atoms with E-state index in [1.807, 2.05) is 0 Å². The zero-order valence-electron chi connectivity index (χ0n) is 8.29. The highest BCUT2D eigenvalue weighted by Gasteiger charge is 2.19. The van der Waals surface area contributed by atoms with Gasteiger partial charge in [0, 0.05) is 24.1 Å². The zero-order valence-corrected chi connectivity index (χ0v) is 8.29. The van der Waals surface area contributed by atoms with E-state index in [1.165, 1.54) is 12.1 Å². The average molecular weight is 219 g/mol. The Hall–Kier alpha value is -2.24. The molecule has 1 atom stereocenters. The summed E-state index contributed by atoms with van der Waals surface area (Å²) in [5.41, 5.74) is 4.02. The van der Waals surface area contributed by atoms with Gasteiger partial charge in [-0.1, -0.05) is 12.1 Å². The maximum atomic E-state index is 10.6. The summed E-state index contributed by atoms with van der Waals surface area (Å²) in [6.07, 6.45) is 1.23. The number of nitro benzene ring substituents is 1. The largest absolute Gasteiger partial charge is 0.301 e. The summed E-state index contributed by atoms with van der Waals surface area (Å²) in [5, 5.41) is 14.6. The van der Waals surface area contributed by atoms with E-state index < -0.39 is 4.92 Å². The highest BCUT2D eigenvalue weighted by Crippen LogP contribution is 2.17. The van der Waals surface area contributed by atoms with E-state index in [2.05, 4.69) is 10.5 Å². The fourth-order valence-electron chi connectivity index (χ4n) is 1.52. The molecule has 0 aromatic heterocycles. The Morgan fingerprint density at radius 3 is 3.00 bits per heavy atom. The van der Waals surface area contributed by atoms with Crippen molar-refractivity contribution in [3.8, 4) is 0 Å². The molecule has 0 saturated carbocycles. The van der Waals surface area contributed by atoms with Gasteiger partial charge in [0.05, 0.1) is 10.6 Å². The van der Waals surface area contributed by atoms with Crippen LogP contribution in [0.25, 0.3) is 0 Å². The predicted octanol–water partition coefficient (Wildman–Crippen LogP) is 0.860. The molecule has 1 unspecified atom stereocenters. The van der Waals surface area contributed by atoms with Gasteiger partial charge in [-0.05, 0) is 0 Å². The van der Waals surface area contributed by atoms with Crippen LogP contribution >= 0.6 is 0 Å². The first-order valence-corrected chi connectivity index (χ1v) is 4.73. The Labute approximate surface area is 91.1 Å². The Morgan fingerprint density at radius 1 is 1.56 bits per heavy atom. The molecule has 1 N–H and O–H groups in total. The Morgan fingerprint density at radius 2 is 2.38 bits per heavy atom. The molecule has 16 heavy (non-hydrogen) atoms. The third-order valence-corrected chi connectivity index (χ3v) is 2.33. The van der Waals surface area contributed by atoms with Crippen molar-refractivity contribution in [1.82, 2.24) is 5.43 Å². The normalized spacial score (nSPS) is 18.8. The molecule has 1 heterocycles. The first-order chi connectivity index (χ1) is 7.70. The minimum Gasteiger partial charge on any atom is -0.301 e. The minimum atomic E-state index is -0.455. The molecule has 6 heteroatoms. The number of benzene rings is 1. The summed E-state index contributed by atoms with van der Waals surface area (Å²) in [6.45, 7) is 0. The molecule has 0 spiro atoms. The van der Waals surface area contributed by atoms with Crippen molar-refractivity contribution >= 4 is 17.7 Å². The number of aldehydes is 1. The molecule has 2 rings (SSSR count). The molecule has 6 nitrogen and oxygen atoms in total. The maximum Gasteiger partial charge on any atom is 0.270 e. The Kier molecular flexibility index (Phi) is 2.63. The van der Waals surface area contributed by atoms with Crippen LogP contribution in [0.15, 0.2) is 29.4 Å². The lowest BCUT2D eigenvalue weighted by molar-refractivity contribution is -0.384. The van der Waals surface area contributed by atoms with Crippen LogP contribution in [0, 0.1) is 10.1 Å². The fraction of sp³-hybridized carbons (Fsp3) is 0.200. The fourth-order valence-corrected chi connectivity index (χ4v) is 1.52. The van der Waals surface area contributed by atoms with E-state index in [-0.39, 0.29) is 11.7 Å². The zero-order chi connectivity index (χ0) is 11.5. The lowest BCUT2D eigenvalue weighted by Crippen LogP contribution is -2.20. The Balaban J connectivity index is 2.25. The smallest absolute Gasteiger partial charge is 0.270 e. The molecule has 0 amide bonds. The van der Waals surface area contributed by atoms with Crippen molar-refractivity contribution in [2.45, 2.75) is 12.5 Å². The second-order valence-corrected chi connectivity index (χ2v) is 3.44. The van der Waals surface area contributed by atoms with Crippen LogP contribution in [-0.4, -0.2) is 23.0 Å². The van der Waals surface area contributed by atoms with Gasteiger partial charge in [0.1, 0.15) is 12.3 Å². The third-order valence-electron chi connectivity index (χ3n) is 2.33. The highest BCUT2D eigenvalue weighted by atomic mass is 16.6. The predicted molar refractivity (Wildman–Crippen MR) is 57.2 cm³/mol. The topological polar surface area (TPSA) is 84.6 Å². The number of carbonyl (C=O) groups is 1. The van der Waals surface area contributed by atoms with Crippen molar-refractivity contribution in [2.24, 2.45) is 5.10 Å². The summed E-state index contributed by atoms with van der Waals surface area (Å²) in [6, 6.07) is 5.89. The van der Waals surface area contributed by atoms with E-state index in [9.17, 15) is 14.9 Å². The highest BCUT2D eigenvalue weighted by molar-refractivity contribution is 6.03. The molecule has 0 aliphatic carbocycles. The molecular weight excluding hydrogens is 210 g/mol. The third kappa shape index (κ3) is 1.90. The van der Waals surface area contributed by atoms with Gasteiger partial charge in [-0.3, -0.25) is 15.5 Å². The molecule has 0 bridgehead atoms. The number of nitrogens with zero attached hydrogens (tertiary/aromatic N) is 2. The summed E-state index contributed by atoms with van der Waals surface area (Å²) in [5.74, 6) is 0. The summed E-state index contributed by atoms with van der Waals surface area (Å²) >= 11 is 0. The maximum absolute atomic E-state index is 10.6. The monoisotopic (exact) mass is 219 g/mol. The molecule has 82 valence electrons. The van der Waals surface area contributed by atoms with Crippen LogP contribution in [0.4, 0.5) is 5.69 Å². The molecular formula is C10H9N3O3. The summed E-state index contributed by atoms with van der Waals surface area (Å²) in [4.78, 5) is 20.6.